The maximum atomic E-state index is 11.6. The Balaban J connectivity index is 2.46. The van der Waals surface area contributed by atoms with Crippen LogP contribution >= 0.6 is 0 Å². The fourth-order valence-electron chi connectivity index (χ4n) is 1.43. The number of imidazole rings is 1. The van der Waals surface area contributed by atoms with Crippen LogP contribution in [0.15, 0.2) is 17.2 Å². The second-order valence-electron chi connectivity index (χ2n) is 3.86. The van der Waals surface area contributed by atoms with E-state index in [1.807, 2.05) is 6.07 Å². The van der Waals surface area contributed by atoms with Crippen LogP contribution in [0.4, 0.5) is 0 Å². The van der Waals surface area contributed by atoms with Gasteiger partial charge in [0, 0.05) is 46.0 Å². The van der Waals surface area contributed by atoms with Gasteiger partial charge in [-0.15, -0.1) is 0 Å². The summed E-state index contributed by atoms with van der Waals surface area (Å²) in [7, 11) is 3.33. The van der Waals surface area contributed by atoms with E-state index in [0.29, 0.717) is 19.5 Å². The Morgan fingerprint density at radius 2 is 2.24 bits per heavy atom. The molecular formula is C11H16N4O2. The molecule has 17 heavy (non-hydrogen) atoms. The number of rotatable bonds is 5. The van der Waals surface area contributed by atoms with Crippen LogP contribution in [0.1, 0.15) is 12.8 Å². The highest BCUT2D eigenvalue weighted by molar-refractivity contribution is 5.75. The monoisotopic (exact) mass is 236 g/mol. The number of carbonyl (C=O) groups excluding carboxylic acids is 1. The predicted molar refractivity (Wildman–Crippen MR) is 62.2 cm³/mol. The minimum absolute atomic E-state index is 0.0593. The van der Waals surface area contributed by atoms with Crippen LogP contribution in [0.2, 0.25) is 0 Å². The number of nitriles is 1. The summed E-state index contributed by atoms with van der Waals surface area (Å²) in [6.07, 6.45) is 3.91. The highest BCUT2D eigenvalue weighted by atomic mass is 16.2. The molecule has 0 aliphatic carbocycles. The van der Waals surface area contributed by atoms with Crippen molar-refractivity contribution in [3.63, 3.8) is 0 Å². The molecule has 1 heterocycles. The van der Waals surface area contributed by atoms with E-state index in [4.69, 9.17) is 5.26 Å². The van der Waals surface area contributed by atoms with Crippen LogP contribution in [-0.2, 0) is 18.4 Å². The number of aryl methyl sites for hydroxylation is 2. The van der Waals surface area contributed by atoms with E-state index in [1.54, 1.807) is 26.5 Å². The molecule has 0 aliphatic heterocycles. The van der Waals surface area contributed by atoms with E-state index in [0.717, 1.165) is 0 Å². The van der Waals surface area contributed by atoms with Crippen molar-refractivity contribution in [1.29, 1.82) is 5.26 Å². The summed E-state index contributed by atoms with van der Waals surface area (Å²) in [5.41, 5.74) is -0.127. The number of carbonyl (C=O) groups is 1. The summed E-state index contributed by atoms with van der Waals surface area (Å²) >= 11 is 0. The third kappa shape index (κ3) is 3.48. The summed E-state index contributed by atoms with van der Waals surface area (Å²) in [5.74, 6) is -0.0593. The molecule has 0 fully saturated rings. The first-order chi connectivity index (χ1) is 8.06. The second kappa shape index (κ2) is 5.89. The molecule has 0 spiro atoms. The summed E-state index contributed by atoms with van der Waals surface area (Å²) in [4.78, 5) is 24.6. The lowest BCUT2D eigenvalue weighted by molar-refractivity contribution is -0.130. The van der Waals surface area contributed by atoms with Crippen LogP contribution in [-0.4, -0.2) is 33.5 Å². The maximum Gasteiger partial charge on any atom is 0.327 e. The topological polar surface area (TPSA) is 71.0 Å². The lowest BCUT2D eigenvalue weighted by Crippen LogP contribution is -2.30. The van der Waals surface area contributed by atoms with Crippen LogP contribution in [0, 0.1) is 11.3 Å². The van der Waals surface area contributed by atoms with Crippen molar-refractivity contribution < 1.29 is 4.79 Å². The molecule has 0 aliphatic rings. The molecule has 0 N–H and O–H groups in total. The first-order valence-electron chi connectivity index (χ1n) is 5.39. The Hall–Kier alpha value is -2.03. The number of nitrogens with zero attached hydrogens (tertiary/aromatic N) is 4. The highest BCUT2D eigenvalue weighted by Crippen LogP contribution is 1.95. The normalized spacial score (nSPS) is 9.94. The minimum atomic E-state index is -0.127. The van der Waals surface area contributed by atoms with E-state index in [1.165, 1.54) is 14.0 Å². The van der Waals surface area contributed by atoms with E-state index in [9.17, 15) is 9.59 Å². The third-order valence-electron chi connectivity index (χ3n) is 2.57. The molecule has 92 valence electrons. The smallest absolute Gasteiger partial charge is 0.327 e. The summed E-state index contributed by atoms with van der Waals surface area (Å²) in [6, 6.07) is 1.99. The predicted octanol–water partition coefficient (Wildman–Crippen LogP) is -0.0510. The molecule has 1 aromatic heterocycles. The first-order valence-corrected chi connectivity index (χ1v) is 5.39. The zero-order valence-corrected chi connectivity index (χ0v) is 10.1. The van der Waals surface area contributed by atoms with Crippen molar-refractivity contribution in [2.45, 2.75) is 19.4 Å². The van der Waals surface area contributed by atoms with Gasteiger partial charge in [0.15, 0.2) is 0 Å². The summed E-state index contributed by atoms with van der Waals surface area (Å²) < 4.78 is 2.96. The molecule has 0 unspecified atom stereocenters. The Bertz CT molecular complexity index is 480. The van der Waals surface area contributed by atoms with Crippen molar-refractivity contribution in [3.05, 3.63) is 22.9 Å². The van der Waals surface area contributed by atoms with E-state index < -0.39 is 0 Å². The Morgan fingerprint density at radius 3 is 2.76 bits per heavy atom. The molecule has 0 saturated carbocycles. The van der Waals surface area contributed by atoms with Gasteiger partial charge >= 0.3 is 5.69 Å². The van der Waals surface area contributed by atoms with Gasteiger partial charge in [-0.1, -0.05) is 0 Å². The van der Waals surface area contributed by atoms with Crippen LogP contribution in [0.3, 0.4) is 0 Å². The van der Waals surface area contributed by atoms with Crippen LogP contribution in [0.25, 0.3) is 0 Å². The fourth-order valence-corrected chi connectivity index (χ4v) is 1.43. The lowest BCUT2D eigenvalue weighted by atomic mass is 10.3. The molecule has 0 radical (unpaired) electrons. The lowest BCUT2D eigenvalue weighted by Gasteiger charge is -2.15. The fraction of sp³-hybridized carbons (Fsp3) is 0.545. The zero-order valence-electron chi connectivity index (χ0n) is 10.1. The summed E-state index contributed by atoms with van der Waals surface area (Å²) in [5, 5.41) is 8.41. The van der Waals surface area contributed by atoms with Gasteiger partial charge in [0.25, 0.3) is 0 Å². The van der Waals surface area contributed by atoms with Crippen molar-refractivity contribution in [2.75, 3.05) is 13.6 Å². The number of amides is 1. The van der Waals surface area contributed by atoms with Gasteiger partial charge in [-0.2, -0.15) is 5.26 Å². The maximum absolute atomic E-state index is 11.6. The third-order valence-corrected chi connectivity index (χ3v) is 2.57. The van der Waals surface area contributed by atoms with Crippen molar-refractivity contribution in [3.8, 4) is 6.07 Å². The van der Waals surface area contributed by atoms with E-state index >= 15 is 0 Å². The zero-order chi connectivity index (χ0) is 12.8. The summed E-state index contributed by atoms with van der Waals surface area (Å²) in [6.45, 7) is 0.800. The van der Waals surface area contributed by atoms with Gasteiger partial charge < -0.3 is 9.47 Å². The molecule has 1 aromatic rings. The number of hydrogen-bond donors (Lipinski definition) is 0. The number of aromatic nitrogens is 2. The minimum Gasteiger partial charge on any atom is -0.345 e. The highest BCUT2D eigenvalue weighted by Gasteiger charge is 2.09. The average molecular weight is 236 g/mol. The van der Waals surface area contributed by atoms with Crippen molar-refractivity contribution in [2.24, 2.45) is 7.05 Å². The van der Waals surface area contributed by atoms with E-state index in [-0.39, 0.29) is 18.0 Å². The van der Waals surface area contributed by atoms with E-state index in [2.05, 4.69) is 0 Å². The molecule has 1 amide bonds. The molecule has 0 atom stereocenters. The Labute approximate surface area is 99.7 Å². The van der Waals surface area contributed by atoms with Crippen molar-refractivity contribution in [1.82, 2.24) is 14.0 Å². The van der Waals surface area contributed by atoms with Gasteiger partial charge in [0.05, 0.1) is 12.5 Å². The average Bonchev–Trinajstić information content (AvgIpc) is 2.64. The molecule has 0 saturated heterocycles. The first kappa shape index (κ1) is 13.0. The molecule has 0 aromatic carbocycles. The molecule has 6 nitrogen and oxygen atoms in total. The quantitative estimate of drug-likeness (QED) is 0.719. The van der Waals surface area contributed by atoms with Crippen molar-refractivity contribution >= 4 is 5.91 Å². The largest absolute Gasteiger partial charge is 0.345 e. The van der Waals surface area contributed by atoms with Crippen LogP contribution in [0.5, 0.6) is 0 Å². The van der Waals surface area contributed by atoms with Gasteiger partial charge in [0.2, 0.25) is 5.91 Å². The Kier molecular flexibility index (Phi) is 4.52. The van der Waals surface area contributed by atoms with Gasteiger partial charge in [0.1, 0.15) is 0 Å². The standard InChI is InChI=1S/C11H16N4O2/c1-13(6-3-5-12)10(16)4-7-15-9-8-14(2)11(15)17/h8-9H,3-4,6-7H2,1-2H3. The number of hydrogen-bond acceptors (Lipinski definition) is 3. The van der Waals surface area contributed by atoms with Gasteiger partial charge in [-0.3, -0.25) is 9.36 Å². The molecule has 1 rings (SSSR count). The SMILES string of the molecule is CN(CCC#N)C(=O)CCn1ccn(C)c1=O. The van der Waals surface area contributed by atoms with Crippen LogP contribution < -0.4 is 5.69 Å². The molecule has 6 heteroatoms. The Morgan fingerprint density at radius 1 is 1.53 bits per heavy atom. The molecular weight excluding hydrogens is 220 g/mol. The van der Waals surface area contributed by atoms with Gasteiger partial charge in [-0.25, -0.2) is 4.79 Å². The van der Waals surface area contributed by atoms with Gasteiger partial charge in [-0.05, 0) is 0 Å². The molecule has 0 bridgehead atoms. The second-order valence-corrected chi connectivity index (χ2v) is 3.86.